The van der Waals surface area contributed by atoms with Crippen LogP contribution in [-0.2, 0) is 9.59 Å². The number of piperidine rings is 1. The molecule has 19 heavy (non-hydrogen) atoms. The largest absolute Gasteiger partial charge is 0.480 e. The average molecular weight is 271 g/mol. The number of carbonyl (C=O) groups is 3. The van der Waals surface area contributed by atoms with Crippen molar-refractivity contribution in [3.05, 3.63) is 0 Å². The molecule has 0 aromatic heterocycles. The highest BCUT2D eigenvalue weighted by Gasteiger charge is 2.26. The minimum absolute atomic E-state index is 0.0264. The third kappa shape index (κ3) is 4.76. The van der Waals surface area contributed by atoms with E-state index in [-0.39, 0.29) is 17.9 Å². The highest BCUT2D eigenvalue weighted by atomic mass is 16.4. The molecule has 7 heteroatoms. The average Bonchev–Trinajstić information content (AvgIpc) is 2.37. The summed E-state index contributed by atoms with van der Waals surface area (Å²) < 4.78 is 0. The minimum atomic E-state index is -1.04. The van der Waals surface area contributed by atoms with Gasteiger partial charge < -0.3 is 21.1 Å². The van der Waals surface area contributed by atoms with Crippen LogP contribution in [0.5, 0.6) is 0 Å². The van der Waals surface area contributed by atoms with Crippen LogP contribution in [0.15, 0.2) is 0 Å². The number of urea groups is 1. The van der Waals surface area contributed by atoms with E-state index in [1.807, 2.05) is 6.92 Å². The summed E-state index contributed by atoms with van der Waals surface area (Å²) in [6, 6.07) is -1.55. The van der Waals surface area contributed by atoms with Gasteiger partial charge in [-0.15, -0.1) is 0 Å². The van der Waals surface area contributed by atoms with E-state index in [1.54, 1.807) is 6.92 Å². The van der Waals surface area contributed by atoms with Gasteiger partial charge in [-0.2, -0.15) is 0 Å². The number of hydrogen-bond donors (Lipinski definition) is 4. The Morgan fingerprint density at radius 1 is 1.53 bits per heavy atom. The van der Waals surface area contributed by atoms with Gasteiger partial charge in [-0.3, -0.25) is 4.79 Å². The quantitative estimate of drug-likeness (QED) is 0.567. The van der Waals surface area contributed by atoms with E-state index in [0.29, 0.717) is 25.8 Å². The zero-order chi connectivity index (χ0) is 14.4. The molecule has 0 bridgehead atoms. The summed E-state index contributed by atoms with van der Waals surface area (Å²) in [5, 5.41) is 16.9. The van der Waals surface area contributed by atoms with Gasteiger partial charge in [-0.25, -0.2) is 9.59 Å². The Morgan fingerprint density at radius 2 is 2.21 bits per heavy atom. The Balaban J connectivity index is 2.44. The zero-order valence-electron chi connectivity index (χ0n) is 11.2. The van der Waals surface area contributed by atoms with Crippen molar-refractivity contribution in [2.24, 2.45) is 5.92 Å². The van der Waals surface area contributed by atoms with Gasteiger partial charge in [0.25, 0.3) is 0 Å². The van der Waals surface area contributed by atoms with Crippen molar-refractivity contribution >= 4 is 17.9 Å². The highest BCUT2D eigenvalue weighted by Crippen LogP contribution is 2.08. The van der Waals surface area contributed by atoms with E-state index in [4.69, 9.17) is 5.11 Å². The van der Waals surface area contributed by atoms with Gasteiger partial charge in [0.2, 0.25) is 5.91 Å². The van der Waals surface area contributed by atoms with Crippen LogP contribution in [0, 0.1) is 5.92 Å². The molecule has 0 aromatic rings. The Kier molecular flexibility index (Phi) is 5.59. The fourth-order valence-electron chi connectivity index (χ4n) is 1.91. The first-order valence-electron chi connectivity index (χ1n) is 6.50. The number of hydrogen-bond acceptors (Lipinski definition) is 3. The number of carboxylic acid groups (broad SMARTS) is 1. The number of amides is 3. The second kappa shape index (κ2) is 6.96. The highest BCUT2D eigenvalue weighted by molar-refractivity contribution is 5.83. The third-order valence-electron chi connectivity index (χ3n) is 3.37. The first kappa shape index (κ1) is 15.3. The molecular formula is C12H21N3O4. The lowest BCUT2D eigenvalue weighted by Crippen LogP contribution is -2.54. The van der Waals surface area contributed by atoms with Gasteiger partial charge in [-0.05, 0) is 12.3 Å². The van der Waals surface area contributed by atoms with Gasteiger partial charge >= 0.3 is 12.0 Å². The van der Waals surface area contributed by atoms with Crippen LogP contribution < -0.4 is 16.0 Å². The van der Waals surface area contributed by atoms with E-state index in [2.05, 4.69) is 16.0 Å². The van der Waals surface area contributed by atoms with Crippen LogP contribution in [0.3, 0.4) is 0 Å². The summed E-state index contributed by atoms with van der Waals surface area (Å²) in [5.74, 6) is -1.21. The Labute approximate surface area is 112 Å². The van der Waals surface area contributed by atoms with Crippen molar-refractivity contribution in [3.8, 4) is 0 Å². The van der Waals surface area contributed by atoms with E-state index in [1.165, 1.54) is 0 Å². The maximum Gasteiger partial charge on any atom is 0.326 e. The third-order valence-corrected chi connectivity index (χ3v) is 3.37. The molecule has 1 aliphatic rings. The molecular weight excluding hydrogens is 250 g/mol. The number of carboxylic acids is 1. The standard InChI is InChI=1S/C12H21N3O4/c1-3-7(2)10(11(17)18)15-12(19)14-8-4-5-9(16)13-6-8/h7-8,10H,3-6H2,1-2H3,(H,13,16)(H,17,18)(H2,14,15,19)/t7?,8?,10-/m0/s1. The molecule has 0 spiro atoms. The number of nitrogens with one attached hydrogen (secondary N) is 3. The molecule has 1 rings (SSSR count). The van der Waals surface area contributed by atoms with Crippen LogP contribution in [-0.4, -0.2) is 41.6 Å². The summed E-state index contributed by atoms with van der Waals surface area (Å²) in [4.78, 5) is 33.8. The van der Waals surface area contributed by atoms with Crippen molar-refractivity contribution in [3.63, 3.8) is 0 Å². The molecule has 4 N–H and O–H groups in total. The molecule has 0 radical (unpaired) electrons. The van der Waals surface area contributed by atoms with Crippen molar-refractivity contribution in [1.29, 1.82) is 0 Å². The van der Waals surface area contributed by atoms with E-state index < -0.39 is 18.0 Å². The van der Waals surface area contributed by atoms with Gasteiger partial charge in [0.1, 0.15) is 6.04 Å². The summed E-state index contributed by atoms with van der Waals surface area (Å²) in [5.41, 5.74) is 0. The zero-order valence-corrected chi connectivity index (χ0v) is 11.2. The molecule has 1 heterocycles. The van der Waals surface area contributed by atoms with Crippen LogP contribution in [0.4, 0.5) is 4.79 Å². The van der Waals surface area contributed by atoms with Gasteiger partial charge in [0.15, 0.2) is 0 Å². The summed E-state index contributed by atoms with van der Waals surface area (Å²) in [6.07, 6.45) is 1.61. The molecule has 0 aromatic carbocycles. The van der Waals surface area contributed by atoms with Crippen molar-refractivity contribution in [2.45, 2.75) is 45.2 Å². The van der Waals surface area contributed by atoms with Crippen LogP contribution in [0.25, 0.3) is 0 Å². The van der Waals surface area contributed by atoms with Crippen molar-refractivity contribution in [2.75, 3.05) is 6.54 Å². The molecule has 1 fully saturated rings. The SMILES string of the molecule is CCC(C)[C@H](NC(=O)NC1CCC(=O)NC1)C(=O)O. The molecule has 0 aliphatic carbocycles. The molecule has 3 amide bonds. The summed E-state index contributed by atoms with van der Waals surface area (Å²) >= 11 is 0. The predicted octanol–water partition coefficient (Wildman–Crippen LogP) is 0.0635. The normalized spacial score (nSPS) is 22.0. The topological polar surface area (TPSA) is 108 Å². The van der Waals surface area contributed by atoms with Gasteiger partial charge in [-0.1, -0.05) is 20.3 Å². The smallest absolute Gasteiger partial charge is 0.326 e. The second-order valence-electron chi connectivity index (χ2n) is 4.86. The molecule has 1 saturated heterocycles. The maximum absolute atomic E-state index is 11.7. The van der Waals surface area contributed by atoms with E-state index >= 15 is 0 Å². The Morgan fingerprint density at radius 3 is 2.68 bits per heavy atom. The number of aliphatic carboxylic acids is 1. The van der Waals surface area contributed by atoms with Crippen LogP contribution >= 0.6 is 0 Å². The first-order valence-corrected chi connectivity index (χ1v) is 6.50. The Hall–Kier alpha value is -1.79. The number of carbonyl (C=O) groups excluding carboxylic acids is 2. The predicted molar refractivity (Wildman–Crippen MR) is 68.6 cm³/mol. The van der Waals surface area contributed by atoms with Crippen LogP contribution in [0.2, 0.25) is 0 Å². The lowest BCUT2D eigenvalue weighted by atomic mass is 9.99. The molecule has 0 saturated carbocycles. The molecule has 108 valence electrons. The minimum Gasteiger partial charge on any atom is -0.480 e. The summed E-state index contributed by atoms with van der Waals surface area (Å²) in [6.45, 7) is 4.03. The molecule has 3 atom stereocenters. The number of rotatable bonds is 5. The molecule has 1 aliphatic heterocycles. The fraction of sp³-hybridized carbons (Fsp3) is 0.750. The first-order chi connectivity index (χ1) is 8.93. The van der Waals surface area contributed by atoms with Crippen LogP contribution in [0.1, 0.15) is 33.1 Å². The fourth-order valence-corrected chi connectivity index (χ4v) is 1.91. The monoisotopic (exact) mass is 271 g/mol. The molecule has 7 nitrogen and oxygen atoms in total. The van der Waals surface area contributed by atoms with Crippen molar-refractivity contribution < 1.29 is 19.5 Å². The second-order valence-corrected chi connectivity index (χ2v) is 4.86. The van der Waals surface area contributed by atoms with Crippen molar-refractivity contribution in [1.82, 2.24) is 16.0 Å². The van der Waals surface area contributed by atoms with E-state index in [0.717, 1.165) is 0 Å². The van der Waals surface area contributed by atoms with E-state index in [9.17, 15) is 14.4 Å². The lowest BCUT2D eigenvalue weighted by Gasteiger charge is -2.26. The molecule has 2 unspecified atom stereocenters. The Bertz CT molecular complexity index is 349. The van der Waals surface area contributed by atoms with Gasteiger partial charge in [0.05, 0.1) is 0 Å². The lowest BCUT2D eigenvalue weighted by molar-refractivity contribution is -0.140. The summed E-state index contributed by atoms with van der Waals surface area (Å²) in [7, 11) is 0. The maximum atomic E-state index is 11.7. The van der Waals surface area contributed by atoms with Gasteiger partial charge in [0, 0.05) is 19.0 Å².